The molecule has 1 aromatic rings. The molecule has 1 atom stereocenters. The lowest BCUT2D eigenvalue weighted by Crippen LogP contribution is -2.33. The fourth-order valence-corrected chi connectivity index (χ4v) is 1.60. The topological polar surface area (TPSA) is 93.8 Å². The molecule has 0 aliphatic carbocycles. The summed E-state index contributed by atoms with van der Waals surface area (Å²) in [6.45, 7) is 0.938. The van der Waals surface area contributed by atoms with Crippen molar-refractivity contribution in [1.29, 1.82) is 0 Å². The first-order chi connectivity index (χ1) is 9.49. The van der Waals surface area contributed by atoms with E-state index in [1.54, 1.807) is 18.2 Å². The van der Waals surface area contributed by atoms with Gasteiger partial charge < -0.3 is 25.6 Å². The van der Waals surface area contributed by atoms with E-state index in [0.29, 0.717) is 28.9 Å². The molecule has 112 valence electrons. The predicted octanol–water partition coefficient (Wildman–Crippen LogP) is 1.42. The molecule has 1 rings (SSSR count). The molecule has 0 saturated carbocycles. The molecule has 20 heavy (non-hydrogen) atoms. The second-order valence-electron chi connectivity index (χ2n) is 3.91. The van der Waals surface area contributed by atoms with Crippen LogP contribution in [-0.2, 0) is 4.74 Å². The number of halogens is 2. The Morgan fingerprint density at radius 3 is 2.80 bits per heavy atom. The summed E-state index contributed by atoms with van der Waals surface area (Å²) in [7, 11) is 0. The van der Waals surface area contributed by atoms with Crippen LogP contribution in [0, 0.1) is 0 Å². The molecule has 0 aliphatic heterocycles. The number of hydrogen-bond acceptors (Lipinski definition) is 5. The van der Waals surface area contributed by atoms with Crippen LogP contribution in [0.25, 0.3) is 0 Å². The first-order valence-electron chi connectivity index (χ1n) is 5.88. The van der Waals surface area contributed by atoms with Gasteiger partial charge >= 0.3 is 6.09 Å². The maximum Gasteiger partial charge on any atom is 0.404 e. The molecule has 0 aliphatic rings. The number of benzene rings is 1. The van der Waals surface area contributed by atoms with Crippen LogP contribution in [0.4, 0.5) is 4.79 Å². The van der Waals surface area contributed by atoms with Crippen LogP contribution < -0.4 is 15.8 Å². The van der Waals surface area contributed by atoms with Crippen molar-refractivity contribution in [2.24, 2.45) is 5.73 Å². The Balaban J connectivity index is 2.17. The SMILES string of the molecule is NC(=O)OCCNCC(O)COc1ccc(Cl)c(Cl)c1. The summed E-state index contributed by atoms with van der Waals surface area (Å²) < 4.78 is 9.87. The molecule has 1 amide bonds. The number of carbonyl (C=O) groups excluding carboxylic acids is 1. The molecule has 4 N–H and O–H groups in total. The van der Waals surface area contributed by atoms with Gasteiger partial charge in [0, 0.05) is 19.2 Å². The highest BCUT2D eigenvalue weighted by molar-refractivity contribution is 6.42. The number of ether oxygens (including phenoxy) is 2. The third kappa shape index (κ3) is 6.81. The fourth-order valence-electron chi connectivity index (χ4n) is 1.31. The van der Waals surface area contributed by atoms with E-state index in [1.807, 2.05) is 0 Å². The Labute approximate surface area is 126 Å². The largest absolute Gasteiger partial charge is 0.491 e. The first kappa shape index (κ1) is 16.8. The summed E-state index contributed by atoms with van der Waals surface area (Å²) in [4.78, 5) is 10.3. The molecule has 0 spiro atoms. The van der Waals surface area contributed by atoms with Crippen molar-refractivity contribution in [1.82, 2.24) is 5.32 Å². The minimum atomic E-state index is -0.824. The quantitative estimate of drug-likeness (QED) is 0.629. The van der Waals surface area contributed by atoms with Crippen molar-refractivity contribution in [3.05, 3.63) is 28.2 Å². The maximum atomic E-state index is 10.3. The Hall–Kier alpha value is -1.21. The molecule has 0 aromatic heterocycles. The van der Waals surface area contributed by atoms with Gasteiger partial charge in [-0.3, -0.25) is 0 Å². The van der Waals surface area contributed by atoms with Gasteiger partial charge in [-0.2, -0.15) is 0 Å². The minimum Gasteiger partial charge on any atom is -0.491 e. The van der Waals surface area contributed by atoms with Crippen molar-refractivity contribution in [2.45, 2.75) is 6.10 Å². The van der Waals surface area contributed by atoms with Crippen molar-refractivity contribution < 1.29 is 19.4 Å². The van der Waals surface area contributed by atoms with Gasteiger partial charge in [0.05, 0.1) is 10.0 Å². The summed E-state index contributed by atoms with van der Waals surface area (Å²) >= 11 is 11.6. The molecule has 0 saturated heterocycles. The smallest absolute Gasteiger partial charge is 0.404 e. The van der Waals surface area contributed by atoms with Crippen LogP contribution in [0.2, 0.25) is 10.0 Å². The second kappa shape index (κ2) is 8.86. The van der Waals surface area contributed by atoms with Crippen molar-refractivity contribution in [3.8, 4) is 5.75 Å². The lowest BCUT2D eigenvalue weighted by Gasteiger charge is -2.13. The van der Waals surface area contributed by atoms with E-state index in [4.69, 9.17) is 33.7 Å². The summed E-state index contributed by atoms with van der Waals surface area (Å²) in [5.41, 5.74) is 4.79. The lowest BCUT2D eigenvalue weighted by atomic mass is 10.3. The third-order valence-corrected chi connectivity index (χ3v) is 2.98. The third-order valence-electron chi connectivity index (χ3n) is 2.24. The average Bonchev–Trinajstić information content (AvgIpc) is 2.39. The normalized spacial score (nSPS) is 11.9. The van der Waals surface area contributed by atoms with Gasteiger partial charge in [0.15, 0.2) is 0 Å². The Morgan fingerprint density at radius 2 is 2.15 bits per heavy atom. The summed E-state index contributed by atoms with van der Waals surface area (Å²) in [5.74, 6) is 0.524. The van der Waals surface area contributed by atoms with Crippen LogP contribution in [0.1, 0.15) is 0 Å². The van der Waals surface area contributed by atoms with Crippen molar-refractivity contribution in [2.75, 3.05) is 26.3 Å². The zero-order valence-electron chi connectivity index (χ0n) is 10.6. The van der Waals surface area contributed by atoms with Crippen molar-refractivity contribution in [3.63, 3.8) is 0 Å². The Morgan fingerprint density at radius 1 is 1.40 bits per heavy atom. The van der Waals surface area contributed by atoms with Crippen LogP contribution in [-0.4, -0.2) is 43.6 Å². The van der Waals surface area contributed by atoms with Gasteiger partial charge in [0.1, 0.15) is 25.1 Å². The summed E-state index contributed by atoms with van der Waals surface area (Å²) in [5, 5.41) is 13.4. The number of carbonyl (C=O) groups is 1. The van der Waals surface area contributed by atoms with Gasteiger partial charge in [-0.05, 0) is 12.1 Å². The molecule has 0 radical (unpaired) electrons. The van der Waals surface area contributed by atoms with Crippen molar-refractivity contribution >= 4 is 29.3 Å². The molecule has 6 nitrogen and oxygen atoms in total. The predicted molar refractivity (Wildman–Crippen MR) is 76.4 cm³/mol. The Kier molecular flexibility index (Phi) is 7.46. The lowest BCUT2D eigenvalue weighted by molar-refractivity contribution is 0.104. The van der Waals surface area contributed by atoms with E-state index >= 15 is 0 Å². The highest BCUT2D eigenvalue weighted by Gasteiger charge is 2.06. The minimum absolute atomic E-state index is 0.0988. The number of hydrogen-bond donors (Lipinski definition) is 3. The summed E-state index contributed by atoms with van der Waals surface area (Å²) in [6.07, 6.45) is -1.53. The molecule has 0 heterocycles. The highest BCUT2D eigenvalue weighted by Crippen LogP contribution is 2.26. The number of primary amides is 1. The van der Waals surface area contributed by atoms with E-state index in [-0.39, 0.29) is 13.2 Å². The van der Waals surface area contributed by atoms with E-state index in [0.717, 1.165) is 0 Å². The standard InChI is InChI=1S/C12H16Cl2N2O4/c13-10-2-1-9(5-11(10)14)20-7-8(17)6-16-3-4-19-12(15)18/h1-2,5,8,16-17H,3-4,6-7H2,(H2,15,18). The van der Waals surface area contributed by atoms with Crippen LogP contribution in [0.15, 0.2) is 18.2 Å². The molecule has 1 aromatic carbocycles. The van der Waals surface area contributed by atoms with Crippen LogP contribution in [0.5, 0.6) is 5.75 Å². The van der Waals surface area contributed by atoms with E-state index < -0.39 is 12.2 Å². The molecule has 0 fully saturated rings. The molecule has 1 unspecified atom stereocenters. The summed E-state index contributed by atoms with van der Waals surface area (Å²) in [6, 6.07) is 4.85. The fraction of sp³-hybridized carbons (Fsp3) is 0.417. The number of aliphatic hydroxyl groups is 1. The van der Waals surface area contributed by atoms with Gasteiger partial charge in [-0.1, -0.05) is 23.2 Å². The zero-order chi connectivity index (χ0) is 15.0. The molecule has 8 heteroatoms. The number of nitrogens with two attached hydrogens (primary N) is 1. The van der Waals surface area contributed by atoms with Crippen LogP contribution in [0.3, 0.4) is 0 Å². The maximum absolute atomic E-state index is 10.3. The monoisotopic (exact) mass is 322 g/mol. The van der Waals surface area contributed by atoms with Gasteiger partial charge in [0.25, 0.3) is 0 Å². The van der Waals surface area contributed by atoms with E-state index in [9.17, 15) is 9.90 Å². The molecular formula is C12H16Cl2N2O4. The van der Waals surface area contributed by atoms with Gasteiger partial charge in [-0.15, -0.1) is 0 Å². The average molecular weight is 323 g/mol. The number of aliphatic hydroxyl groups excluding tert-OH is 1. The van der Waals surface area contributed by atoms with E-state index in [1.165, 1.54) is 0 Å². The number of amides is 1. The number of rotatable bonds is 8. The van der Waals surface area contributed by atoms with Gasteiger partial charge in [-0.25, -0.2) is 4.79 Å². The van der Waals surface area contributed by atoms with Crippen LogP contribution >= 0.6 is 23.2 Å². The van der Waals surface area contributed by atoms with E-state index in [2.05, 4.69) is 10.1 Å². The number of nitrogens with one attached hydrogen (secondary N) is 1. The highest BCUT2D eigenvalue weighted by atomic mass is 35.5. The zero-order valence-corrected chi connectivity index (χ0v) is 12.2. The molecule has 0 bridgehead atoms. The van der Waals surface area contributed by atoms with Gasteiger partial charge in [0.2, 0.25) is 0 Å². The second-order valence-corrected chi connectivity index (χ2v) is 4.73. The first-order valence-corrected chi connectivity index (χ1v) is 6.63. The molecular weight excluding hydrogens is 307 g/mol. The Bertz CT molecular complexity index is 445.